The number of ether oxygens (including phenoxy) is 1. The van der Waals surface area contributed by atoms with Crippen LogP contribution < -0.4 is 10.1 Å². The summed E-state index contributed by atoms with van der Waals surface area (Å²) in [6.07, 6.45) is 10.6. The summed E-state index contributed by atoms with van der Waals surface area (Å²) in [5, 5.41) is 2.99. The van der Waals surface area contributed by atoms with Crippen LogP contribution in [0.3, 0.4) is 0 Å². The van der Waals surface area contributed by atoms with Crippen LogP contribution in [0.15, 0.2) is 78.1 Å². The van der Waals surface area contributed by atoms with Gasteiger partial charge in [0.1, 0.15) is 11.8 Å². The molecule has 0 spiro atoms. The predicted octanol–water partition coefficient (Wildman–Crippen LogP) is 5.27. The Bertz CT molecular complexity index is 1200. The fourth-order valence-corrected chi connectivity index (χ4v) is 4.81. The van der Waals surface area contributed by atoms with E-state index in [1.807, 2.05) is 71.4 Å². The molecule has 1 saturated carbocycles. The zero-order valence-corrected chi connectivity index (χ0v) is 19.1. The molecular weight excluding hydrogens is 432 g/mol. The number of rotatable bonds is 8. The lowest BCUT2D eigenvalue weighted by atomic mass is 10.2. The Hall–Kier alpha value is -3.32. The molecule has 1 amide bonds. The molecule has 0 bridgehead atoms. The number of imidazole rings is 1. The molecule has 0 saturated heterocycles. The first-order chi connectivity index (χ1) is 16.2. The molecule has 33 heavy (non-hydrogen) atoms. The number of carbonyl (C=O) groups excluding carboxylic acids is 1. The zero-order chi connectivity index (χ0) is 22.5. The molecule has 6 nitrogen and oxygen atoms in total. The lowest BCUT2D eigenvalue weighted by molar-refractivity contribution is 0.0950. The summed E-state index contributed by atoms with van der Waals surface area (Å²) in [5.41, 5.74) is 3.51. The summed E-state index contributed by atoms with van der Waals surface area (Å²) < 4.78 is 8.09. The Morgan fingerprint density at radius 2 is 1.94 bits per heavy atom. The van der Waals surface area contributed by atoms with Gasteiger partial charge in [-0.1, -0.05) is 12.1 Å². The lowest BCUT2D eigenvalue weighted by Crippen LogP contribution is -2.23. The highest BCUT2D eigenvalue weighted by molar-refractivity contribution is 7.98. The van der Waals surface area contributed by atoms with E-state index in [-0.39, 0.29) is 12.0 Å². The van der Waals surface area contributed by atoms with Crippen LogP contribution in [-0.4, -0.2) is 26.4 Å². The Morgan fingerprint density at radius 1 is 1.09 bits per heavy atom. The minimum Gasteiger partial charge on any atom is -0.474 e. The van der Waals surface area contributed by atoms with E-state index in [2.05, 4.69) is 15.3 Å². The Labute approximate surface area is 197 Å². The summed E-state index contributed by atoms with van der Waals surface area (Å²) in [7, 11) is 0. The van der Waals surface area contributed by atoms with Crippen molar-refractivity contribution in [2.45, 2.75) is 49.0 Å². The van der Waals surface area contributed by atoms with E-state index in [9.17, 15) is 4.79 Å². The molecule has 7 heteroatoms. The van der Waals surface area contributed by atoms with Gasteiger partial charge >= 0.3 is 0 Å². The first-order valence-corrected chi connectivity index (χ1v) is 12.3. The highest BCUT2D eigenvalue weighted by Gasteiger charge is 2.19. The number of carbonyl (C=O) groups is 1. The molecule has 0 radical (unpaired) electrons. The number of hydrogen-bond donors (Lipinski definition) is 1. The topological polar surface area (TPSA) is 68.5 Å². The van der Waals surface area contributed by atoms with Crippen LogP contribution >= 0.6 is 11.8 Å². The van der Waals surface area contributed by atoms with Gasteiger partial charge in [-0.2, -0.15) is 0 Å². The molecule has 3 heterocycles. The average molecular weight is 459 g/mol. The fraction of sp³-hybridized carbons (Fsp3) is 0.269. The molecule has 5 rings (SSSR count). The maximum Gasteiger partial charge on any atom is 0.251 e. The van der Waals surface area contributed by atoms with Gasteiger partial charge in [0.25, 0.3) is 5.91 Å². The molecule has 1 aromatic carbocycles. The number of nitrogens with zero attached hydrogens (tertiary/aromatic N) is 3. The first kappa shape index (κ1) is 21.5. The molecule has 3 aromatic heterocycles. The van der Waals surface area contributed by atoms with Crippen LogP contribution in [0.1, 0.15) is 47.3 Å². The first-order valence-electron chi connectivity index (χ1n) is 11.3. The average Bonchev–Trinajstić information content (AvgIpc) is 3.52. The van der Waals surface area contributed by atoms with E-state index >= 15 is 0 Å². The van der Waals surface area contributed by atoms with Gasteiger partial charge in [-0.05, 0) is 68.1 Å². The Kier molecular flexibility index (Phi) is 6.58. The van der Waals surface area contributed by atoms with Crippen molar-refractivity contribution in [3.63, 3.8) is 0 Å². The molecule has 1 aliphatic carbocycles. The molecular formula is C26H26N4O2S. The molecule has 1 aliphatic rings. The lowest BCUT2D eigenvalue weighted by Gasteiger charge is -2.15. The van der Waals surface area contributed by atoms with E-state index in [0.29, 0.717) is 18.0 Å². The van der Waals surface area contributed by atoms with Crippen molar-refractivity contribution in [3.05, 3.63) is 90.0 Å². The van der Waals surface area contributed by atoms with Crippen LogP contribution in [0.25, 0.3) is 5.65 Å². The minimum atomic E-state index is -0.109. The quantitative estimate of drug-likeness (QED) is 0.364. The highest BCUT2D eigenvalue weighted by atomic mass is 32.2. The van der Waals surface area contributed by atoms with Crippen molar-refractivity contribution in [3.8, 4) is 5.88 Å². The third-order valence-corrected chi connectivity index (χ3v) is 6.83. The number of nitrogens with one attached hydrogen (secondary N) is 1. The molecule has 1 fully saturated rings. The van der Waals surface area contributed by atoms with Gasteiger partial charge in [0, 0.05) is 46.9 Å². The predicted molar refractivity (Wildman–Crippen MR) is 129 cm³/mol. The number of benzene rings is 1. The molecule has 0 atom stereocenters. The number of amides is 1. The second-order valence-electron chi connectivity index (χ2n) is 8.19. The molecule has 0 aliphatic heterocycles. The highest BCUT2D eigenvalue weighted by Crippen LogP contribution is 2.25. The van der Waals surface area contributed by atoms with Crippen molar-refractivity contribution < 1.29 is 9.53 Å². The second kappa shape index (κ2) is 10.1. The number of fused-ring (bicyclic) bond motifs is 1. The number of hydrogen-bond acceptors (Lipinski definition) is 5. The van der Waals surface area contributed by atoms with E-state index < -0.39 is 0 Å². The minimum absolute atomic E-state index is 0.109. The summed E-state index contributed by atoms with van der Waals surface area (Å²) in [4.78, 5) is 22.8. The SMILES string of the molecule is O=C(NCc1cccnc1OC1CCCC1)c1ccc(SCc2cn3ccccc3n2)cc1. The van der Waals surface area contributed by atoms with Gasteiger partial charge in [-0.3, -0.25) is 4.79 Å². The number of pyridine rings is 2. The normalized spacial score (nSPS) is 13.9. The standard InChI is InChI=1S/C26H26N4O2S/c31-25(28-16-20-6-5-14-27-26(20)32-22-7-1-2-8-22)19-10-12-23(13-11-19)33-18-21-17-30-15-4-3-9-24(30)29-21/h3-6,9-15,17,22H,1-2,7-8,16,18H2,(H,28,31). The van der Waals surface area contributed by atoms with E-state index in [0.717, 1.165) is 40.4 Å². The van der Waals surface area contributed by atoms with Crippen molar-refractivity contribution >= 4 is 23.3 Å². The van der Waals surface area contributed by atoms with Crippen molar-refractivity contribution in [2.24, 2.45) is 0 Å². The van der Waals surface area contributed by atoms with Gasteiger partial charge in [-0.15, -0.1) is 11.8 Å². The molecule has 1 N–H and O–H groups in total. The van der Waals surface area contributed by atoms with Crippen molar-refractivity contribution in [1.82, 2.24) is 19.7 Å². The maximum absolute atomic E-state index is 12.7. The number of thioether (sulfide) groups is 1. The van der Waals surface area contributed by atoms with Gasteiger partial charge < -0.3 is 14.5 Å². The van der Waals surface area contributed by atoms with Gasteiger partial charge in [-0.25, -0.2) is 9.97 Å². The maximum atomic E-state index is 12.7. The van der Waals surface area contributed by atoms with E-state index in [1.165, 1.54) is 12.8 Å². The van der Waals surface area contributed by atoms with Crippen molar-refractivity contribution in [1.29, 1.82) is 0 Å². The van der Waals surface area contributed by atoms with Crippen molar-refractivity contribution in [2.75, 3.05) is 0 Å². The van der Waals surface area contributed by atoms with E-state index in [1.54, 1.807) is 18.0 Å². The summed E-state index contributed by atoms with van der Waals surface area (Å²) in [6, 6.07) is 17.5. The van der Waals surface area contributed by atoms with Crippen LogP contribution in [0.5, 0.6) is 5.88 Å². The third kappa shape index (κ3) is 5.37. The summed E-state index contributed by atoms with van der Waals surface area (Å²) in [6.45, 7) is 0.388. The summed E-state index contributed by atoms with van der Waals surface area (Å²) >= 11 is 1.70. The second-order valence-corrected chi connectivity index (χ2v) is 9.23. The van der Waals surface area contributed by atoms with Gasteiger partial charge in [0.05, 0.1) is 5.69 Å². The summed E-state index contributed by atoms with van der Waals surface area (Å²) in [5.74, 6) is 1.30. The molecule has 4 aromatic rings. The van der Waals surface area contributed by atoms with Gasteiger partial charge in [0.2, 0.25) is 5.88 Å². The largest absolute Gasteiger partial charge is 0.474 e. The van der Waals surface area contributed by atoms with E-state index in [4.69, 9.17) is 4.74 Å². The van der Waals surface area contributed by atoms with Crippen LogP contribution in [-0.2, 0) is 12.3 Å². The van der Waals surface area contributed by atoms with Crippen LogP contribution in [0, 0.1) is 0 Å². The number of aromatic nitrogens is 3. The smallest absolute Gasteiger partial charge is 0.251 e. The Balaban J connectivity index is 1.15. The molecule has 168 valence electrons. The Morgan fingerprint density at radius 3 is 2.76 bits per heavy atom. The van der Waals surface area contributed by atoms with Crippen LogP contribution in [0.2, 0.25) is 0 Å². The van der Waals surface area contributed by atoms with Gasteiger partial charge in [0.15, 0.2) is 0 Å². The molecule has 0 unspecified atom stereocenters. The zero-order valence-electron chi connectivity index (χ0n) is 18.3. The van der Waals surface area contributed by atoms with Crippen LogP contribution in [0.4, 0.5) is 0 Å². The monoisotopic (exact) mass is 458 g/mol. The third-order valence-electron chi connectivity index (χ3n) is 5.79. The fourth-order valence-electron chi connectivity index (χ4n) is 4.02.